The van der Waals surface area contributed by atoms with Gasteiger partial charge in [0.2, 0.25) is 5.91 Å². The van der Waals surface area contributed by atoms with Crippen LogP contribution in [-0.2, 0) is 24.2 Å². The summed E-state index contributed by atoms with van der Waals surface area (Å²) in [7, 11) is 0. The van der Waals surface area contributed by atoms with Gasteiger partial charge in [-0.3, -0.25) is 24.8 Å². The molecular formula is C21H20N6O2S. The second-order valence-corrected chi connectivity index (χ2v) is 8.40. The van der Waals surface area contributed by atoms with Gasteiger partial charge in [0.25, 0.3) is 5.91 Å². The predicted octanol–water partition coefficient (Wildman–Crippen LogP) is 2.13. The SMILES string of the molecule is O=C(Nc1nc2c(s1)CN(CC(=O)N1CCc3ccccc31)CC2)c1cnccn1. The van der Waals surface area contributed by atoms with Crippen molar-refractivity contribution in [3.8, 4) is 0 Å². The molecule has 5 rings (SSSR count). The van der Waals surface area contributed by atoms with E-state index in [0.29, 0.717) is 18.2 Å². The first-order chi connectivity index (χ1) is 14.7. The van der Waals surface area contributed by atoms with E-state index in [1.54, 1.807) is 0 Å². The molecule has 0 fully saturated rings. The lowest BCUT2D eigenvalue weighted by Crippen LogP contribution is -2.41. The Bertz CT molecular complexity index is 1100. The van der Waals surface area contributed by atoms with E-state index >= 15 is 0 Å². The van der Waals surface area contributed by atoms with E-state index in [2.05, 4.69) is 31.2 Å². The fraction of sp³-hybridized carbons (Fsp3) is 0.286. The molecule has 0 spiro atoms. The van der Waals surface area contributed by atoms with Gasteiger partial charge in [-0.1, -0.05) is 18.2 Å². The van der Waals surface area contributed by atoms with E-state index in [1.807, 2.05) is 23.1 Å². The largest absolute Gasteiger partial charge is 0.311 e. The van der Waals surface area contributed by atoms with Gasteiger partial charge in [-0.2, -0.15) is 0 Å². The Kier molecular flexibility index (Phi) is 4.97. The van der Waals surface area contributed by atoms with Crippen LogP contribution < -0.4 is 10.2 Å². The number of fused-ring (bicyclic) bond motifs is 2. The van der Waals surface area contributed by atoms with Crippen LogP contribution in [0.15, 0.2) is 42.9 Å². The summed E-state index contributed by atoms with van der Waals surface area (Å²) in [6.07, 6.45) is 6.10. The number of carbonyl (C=O) groups excluding carboxylic acids is 2. The van der Waals surface area contributed by atoms with Crippen LogP contribution in [0.25, 0.3) is 0 Å². The standard InChI is InChI=1S/C21H20N6O2S/c28-19(27-10-5-14-3-1-2-4-17(14)27)13-26-9-6-15-18(12-26)30-21(24-15)25-20(29)16-11-22-7-8-23-16/h1-4,7-8,11H,5-6,9-10,12-13H2,(H,24,25,29). The molecule has 1 aromatic carbocycles. The number of benzene rings is 1. The number of thiazole rings is 1. The van der Waals surface area contributed by atoms with Crippen LogP contribution in [0.3, 0.4) is 0 Å². The molecule has 4 heterocycles. The monoisotopic (exact) mass is 420 g/mol. The maximum absolute atomic E-state index is 12.9. The Balaban J connectivity index is 1.23. The third-order valence-corrected chi connectivity index (χ3v) is 6.37. The summed E-state index contributed by atoms with van der Waals surface area (Å²) in [5.41, 5.74) is 3.51. The maximum Gasteiger partial charge on any atom is 0.277 e. The van der Waals surface area contributed by atoms with E-state index in [1.165, 1.54) is 35.5 Å². The Morgan fingerprint density at radius 3 is 2.90 bits per heavy atom. The highest BCUT2D eigenvalue weighted by Crippen LogP contribution is 2.30. The Morgan fingerprint density at radius 2 is 2.03 bits per heavy atom. The minimum atomic E-state index is -0.325. The minimum absolute atomic E-state index is 0.129. The summed E-state index contributed by atoms with van der Waals surface area (Å²) in [6.45, 7) is 2.56. The lowest BCUT2D eigenvalue weighted by molar-refractivity contribution is -0.119. The second-order valence-electron chi connectivity index (χ2n) is 7.32. The third kappa shape index (κ3) is 3.69. The summed E-state index contributed by atoms with van der Waals surface area (Å²) >= 11 is 1.45. The summed E-state index contributed by atoms with van der Waals surface area (Å²) in [5, 5.41) is 3.35. The van der Waals surface area contributed by atoms with Crippen LogP contribution in [0, 0.1) is 0 Å². The van der Waals surface area contributed by atoms with Gasteiger partial charge < -0.3 is 4.90 Å². The van der Waals surface area contributed by atoms with E-state index in [0.717, 1.165) is 42.2 Å². The number of carbonyl (C=O) groups is 2. The number of nitrogens with one attached hydrogen (secondary N) is 1. The number of amides is 2. The van der Waals surface area contributed by atoms with Gasteiger partial charge >= 0.3 is 0 Å². The number of aromatic nitrogens is 3. The average Bonchev–Trinajstić information content (AvgIpc) is 3.37. The highest BCUT2D eigenvalue weighted by atomic mass is 32.1. The van der Waals surface area contributed by atoms with Crippen molar-refractivity contribution in [1.29, 1.82) is 0 Å². The number of nitrogens with zero attached hydrogens (tertiary/aromatic N) is 5. The zero-order valence-corrected chi connectivity index (χ0v) is 17.1. The molecule has 30 heavy (non-hydrogen) atoms. The summed E-state index contributed by atoms with van der Waals surface area (Å²) in [5.74, 6) is -0.196. The van der Waals surface area contributed by atoms with E-state index in [4.69, 9.17) is 0 Å². The molecule has 0 bridgehead atoms. The molecule has 2 amide bonds. The van der Waals surface area contributed by atoms with Crippen molar-refractivity contribution in [2.24, 2.45) is 0 Å². The predicted molar refractivity (Wildman–Crippen MR) is 114 cm³/mol. The third-order valence-electron chi connectivity index (χ3n) is 5.37. The zero-order valence-electron chi connectivity index (χ0n) is 16.2. The molecule has 1 N–H and O–H groups in total. The normalized spacial score (nSPS) is 15.5. The van der Waals surface area contributed by atoms with Crippen LogP contribution in [0.2, 0.25) is 0 Å². The van der Waals surface area contributed by atoms with Crippen molar-refractivity contribution in [2.75, 3.05) is 29.9 Å². The molecular weight excluding hydrogens is 400 g/mol. The van der Waals surface area contributed by atoms with Crippen LogP contribution in [0.1, 0.15) is 26.6 Å². The second kappa shape index (κ2) is 7.92. The van der Waals surface area contributed by atoms with Crippen molar-refractivity contribution in [3.05, 3.63) is 64.7 Å². The Labute approximate surface area is 177 Å². The summed E-state index contributed by atoms with van der Waals surface area (Å²) in [4.78, 5) is 42.8. The zero-order chi connectivity index (χ0) is 20.5. The van der Waals surface area contributed by atoms with Crippen LogP contribution in [0.4, 0.5) is 10.8 Å². The van der Waals surface area contributed by atoms with Crippen molar-refractivity contribution in [1.82, 2.24) is 19.9 Å². The topological polar surface area (TPSA) is 91.3 Å². The fourth-order valence-electron chi connectivity index (χ4n) is 3.89. The van der Waals surface area contributed by atoms with Gasteiger partial charge in [0, 0.05) is 49.0 Å². The number of rotatable bonds is 4. The number of anilines is 2. The number of hydrogen-bond donors (Lipinski definition) is 1. The molecule has 0 unspecified atom stereocenters. The molecule has 8 nitrogen and oxygen atoms in total. The van der Waals surface area contributed by atoms with Crippen LogP contribution in [-0.4, -0.2) is 51.3 Å². The molecule has 0 radical (unpaired) electrons. The first kappa shape index (κ1) is 18.8. The number of para-hydroxylation sites is 1. The van der Waals surface area contributed by atoms with E-state index in [9.17, 15) is 9.59 Å². The number of hydrogen-bond acceptors (Lipinski definition) is 7. The highest BCUT2D eigenvalue weighted by Gasteiger charge is 2.28. The van der Waals surface area contributed by atoms with Gasteiger partial charge in [-0.25, -0.2) is 9.97 Å². The Hall–Kier alpha value is -3.17. The molecule has 2 aliphatic heterocycles. The van der Waals surface area contributed by atoms with E-state index < -0.39 is 0 Å². The van der Waals surface area contributed by atoms with Crippen LogP contribution in [0.5, 0.6) is 0 Å². The fourth-order valence-corrected chi connectivity index (χ4v) is 4.93. The summed E-state index contributed by atoms with van der Waals surface area (Å²) in [6, 6.07) is 8.10. The average molecular weight is 420 g/mol. The van der Waals surface area contributed by atoms with Gasteiger partial charge in [-0.15, -0.1) is 11.3 Å². The molecule has 9 heteroatoms. The van der Waals surface area contributed by atoms with Crippen molar-refractivity contribution >= 4 is 34.0 Å². The summed E-state index contributed by atoms with van der Waals surface area (Å²) < 4.78 is 0. The lowest BCUT2D eigenvalue weighted by Gasteiger charge is -2.27. The molecule has 2 aliphatic rings. The van der Waals surface area contributed by atoms with Gasteiger partial charge in [-0.05, 0) is 18.1 Å². The molecule has 0 saturated carbocycles. The van der Waals surface area contributed by atoms with Crippen molar-refractivity contribution < 1.29 is 9.59 Å². The van der Waals surface area contributed by atoms with Gasteiger partial charge in [0.05, 0.1) is 18.4 Å². The smallest absolute Gasteiger partial charge is 0.277 e. The van der Waals surface area contributed by atoms with Crippen LogP contribution >= 0.6 is 11.3 Å². The Morgan fingerprint density at radius 1 is 1.13 bits per heavy atom. The van der Waals surface area contributed by atoms with Gasteiger partial charge in [0.1, 0.15) is 5.69 Å². The lowest BCUT2D eigenvalue weighted by atomic mass is 10.1. The molecule has 0 atom stereocenters. The molecule has 152 valence electrons. The highest BCUT2D eigenvalue weighted by molar-refractivity contribution is 7.15. The maximum atomic E-state index is 12.9. The van der Waals surface area contributed by atoms with Crippen molar-refractivity contribution in [2.45, 2.75) is 19.4 Å². The minimum Gasteiger partial charge on any atom is -0.311 e. The quantitative estimate of drug-likeness (QED) is 0.695. The molecule has 2 aromatic heterocycles. The van der Waals surface area contributed by atoms with Gasteiger partial charge in [0.15, 0.2) is 5.13 Å². The van der Waals surface area contributed by atoms with Crippen molar-refractivity contribution in [3.63, 3.8) is 0 Å². The molecule has 3 aromatic rings. The molecule has 0 aliphatic carbocycles. The van der Waals surface area contributed by atoms with E-state index in [-0.39, 0.29) is 17.5 Å². The molecule has 0 saturated heterocycles. The first-order valence-electron chi connectivity index (χ1n) is 9.84. The first-order valence-corrected chi connectivity index (χ1v) is 10.7.